The zero-order chi connectivity index (χ0) is 18.6. The molecule has 0 bridgehead atoms. The summed E-state index contributed by atoms with van der Waals surface area (Å²) in [6, 6.07) is 0. The molecule has 0 radical (unpaired) electrons. The lowest BCUT2D eigenvalue weighted by atomic mass is 9.94. The van der Waals surface area contributed by atoms with Crippen molar-refractivity contribution in [1.29, 1.82) is 0 Å². The molecule has 3 N–H and O–H groups in total. The van der Waals surface area contributed by atoms with Gasteiger partial charge < -0.3 is 10.6 Å². The lowest BCUT2D eigenvalue weighted by Gasteiger charge is -2.32. The van der Waals surface area contributed by atoms with Crippen LogP contribution in [0.1, 0.15) is 45.0 Å². The fourth-order valence-corrected chi connectivity index (χ4v) is 3.08. The Bertz CT molecular complexity index is 598. The van der Waals surface area contributed by atoms with Gasteiger partial charge in [-0.1, -0.05) is 20.8 Å². The second kappa shape index (κ2) is 7.99. The number of H-pyrrole nitrogens is 1. The fraction of sp³-hybridized carbons (Fsp3) is 0.722. The third-order valence-electron chi connectivity index (χ3n) is 4.60. The maximum Gasteiger partial charge on any atom is 0.238 e. The summed E-state index contributed by atoms with van der Waals surface area (Å²) < 4.78 is 0. The van der Waals surface area contributed by atoms with Crippen LogP contribution in [0.5, 0.6) is 0 Å². The highest BCUT2D eigenvalue weighted by Crippen LogP contribution is 2.19. The molecule has 7 nitrogen and oxygen atoms in total. The Kier molecular flexibility index (Phi) is 6.21. The molecule has 0 spiro atoms. The smallest absolute Gasteiger partial charge is 0.238 e. The van der Waals surface area contributed by atoms with Gasteiger partial charge in [-0.3, -0.25) is 19.6 Å². The van der Waals surface area contributed by atoms with Crippen molar-refractivity contribution < 1.29 is 9.59 Å². The number of likely N-dealkylation sites (tertiary alicyclic amines) is 1. The molecule has 1 saturated heterocycles. The molecule has 25 heavy (non-hydrogen) atoms. The average Bonchev–Trinajstić information content (AvgIpc) is 2.84. The summed E-state index contributed by atoms with van der Waals surface area (Å²) >= 11 is 0. The van der Waals surface area contributed by atoms with Crippen LogP contribution in [0.15, 0.2) is 0 Å². The van der Waals surface area contributed by atoms with Crippen LogP contribution >= 0.6 is 0 Å². The van der Waals surface area contributed by atoms with Gasteiger partial charge in [0.25, 0.3) is 0 Å². The van der Waals surface area contributed by atoms with Crippen molar-refractivity contribution in [3.8, 4) is 0 Å². The summed E-state index contributed by atoms with van der Waals surface area (Å²) in [5.41, 5.74) is 2.07. The van der Waals surface area contributed by atoms with Crippen molar-refractivity contribution in [3.63, 3.8) is 0 Å². The molecule has 2 rings (SSSR count). The minimum absolute atomic E-state index is 0.0213. The van der Waals surface area contributed by atoms with Crippen LogP contribution in [0, 0.1) is 25.2 Å². The predicted molar refractivity (Wildman–Crippen MR) is 98.3 cm³/mol. The van der Waals surface area contributed by atoms with E-state index < -0.39 is 0 Å². The van der Waals surface area contributed by atoms with E-state index in [-0.39, 0.29) is 17.2 Å². The molecule has 140 valence electrons. The minimum Gasteiger partial charge on any atom is -0.355 e. The van der Waals surface area contributed by atoms with Crippen LogP contribution in [0.2, 0.25) is 0 Å². The summed E-state index contributed by atoms with van der Waals surface area (Å²) in [5, 5.41) is 13.0. The molecule has 0 unspecified atom stereocenters. The van der Waals surface area contributed by atoms with Gasteiger partial charge in [0.15, 0.2) is 0 Å². The number of hydrogen-bond acceptors (Lipinski definition) is 4. The molecule has 1 aliphatic rings. The van der Waals surface area contributed by atoms with E-state index in [9.17, 15) is 9.59 Å². The molecule has 1 fully saturated rings. The van der Waals surface area contributed by atoms with Crippen molar-refractivity contribution in [2.75, 3.05) is 31.5 Å². The summed E-state index contributed by atoms with van der Waals surface area (Å²) in [6.45, 7) is 12.3. The van der Waals surface area contributed by atoms with Crippen LogP contribution in [0.25, 0.3) is 0 Å². The molecular formula is C18H31N5O2. The Morgan fingerprint density at radius 1 is 1.32 bits per heavy atom. The lowest BCUT2D eigenvalue weighted by Crippen LogP contribution is -2.45. The number of hydrogen-bond donors (Lipinski definition) is 3. The maximum absolute atomic E-state index is 12.3. The molecule has 2 heterocycles. The Balaban J connectivity index is 1.81. The summed E-state index contributed by atoms with van der Waals surface area (Å²) in [4.78, 5) is 26.5. The van der Waals surface area contributed by atoms with Crippen LogP contribution < -0.4 is 10.6 Å². The Hall–Kier alpha value is -1.89. The third-order valence-corrected chi connectivity index (χ3v) is 4.60. The number of aromatic amines is 1. The summed E-state index contributed by atoms with van der Waals surface area (Å²) in [7, 11) is 0. The Labute approximate surface area is 149 Å². The average molecular weight is 349 g/mol. The first-order valence-electron chi connectivity index (χ1n) is 8.99. The van der Waals surface area contributed by atoms with Gasteiger partial charge in [-0.05, 0) is 39.2 Å². The molecule has 1 aromatic heterocycles. The van der Waals surface area contributed by atoms with E-state index in [4.69, 9.17) is 0 Å². The largest absolute Gasteiger partial charge is 0.355 e. The van der Waals surface area contributed by atoms with Crippen molar-refractivity contribution in [2.45, 2.75) is 47.5 Å². The quantitative estimate of drug-likeness (QED) is 0.756. The number of aromatic nitrogens is 2. The molecule has 1 aliphatic heterocycles. The second-order valence-corrected chi connectivity index (χ2v) is 8.06. The van der Waals surface area contributed by atoms with Gasteiger partial charge in [0.05, 0.1) is 23.6 Å². The van der Waals surface area contributed by atoms with Gasteiger partial charge >= 0.3 is 0 Å². The fourth-order valence-electron chi connectivity index (χ4n) is 3.08. The van der Waals surface area contributed by atoms with E-state index in [1.54, 1.807) is 0 Å². The van der Waals surface area contributed by atoms with Crippen LogP contribution in [-0.2, 0) is 9.59 Å². The second-order valence-electron chi connectivity index (χ2n) is 8.06. The van der Waals surface area contributed by atoms with Crippen molar-refractivity contribution in [3.05, 3.63) is 11.4 Å². The molecule has 0 aliphatic carbocycles. The first-order valence-corrected chi connectivity index (χ1v) is 8.99. The van der Waals surface area contributed by atoms with E-state index in [1.807, 2.05) is 34.6 Å². The number of anilines is 1. The molecule has 0 saturated carbocycles. The molecule has 2 amide bonds. The zero-order valence-corrected chi connectivity index (χ0v) is 16.0. The normalized spacial score (nSPS) is 18.8. The van der Waals surface area contributed by atoms with Gasteiger partial charge in [-0.25, -0.2) is 0 Å². The molecular weight excluding hydrogens is 318 g/mol. The van der Waals surface area contributed by atoms with Gasteiger partial charge in [0.2, 0.25) is 11.8 Å². The van der Waals surface area contributed by atoms with Crippen LogP contribution in [0.4, 0.5) is 5.69 Å². The predicted octanol–water partition coefficient (Wildman–Crippen LogP) is 1.84. The zero-order valence-electron chi connectivity index (χ0n) is 16.0. The number of aryl methyl sites for hydroxylation is 2. The van der Waals surface area contributed by atoms with Crippen molar-refractivity contribution in [1.82, 2.24) is 20.4 Å². The van der Waals surface area contributed by atoms with Crippen LogP contribution in [0.3, 0.4) is 0 Å². The number of piperidine rings is 1. The number of carbonyl (C=O) groups is 2. The van der Waals surface area contributed by atoms with E-state index in [2.05, 4.69) is 25.7 Å². The molecule has 1 aromatic rings. The number of nitrogens with one attached hydrogen (secondary N) is 3. The lowest BCUT2D eigenvalue weighted by molar-refractivity contribution is -0.128. The first-order chi connectivity index (χ1) is 11.7. The number of rotatable bonds is 5. The Morgan fingerprint density at radius 3 is 2.64 bits per heavy atom. The van der Waals surface area contributed by atoms with Crippen molar-refractivity contribution in [2.24, 2.45) is 11.3 Å². The van der Waals surface area contributed by atoms with E-state index >= 15 is 0 Å². The molecule has 0 aromatic carbocycles. The van der Waals surface area contributed by atoms with E-state index in [1.165, 1.54) is 0 Å². The SMILES string of the molecule is Cc1n[nH]c(C)c1NC(=O)CN1CCC[C@H](CNC(=O)C(C)(C)C)C1. The third kappa shape index (κ3) is 5.56. The van der Waals surface area contributed by atoms with Gasteiger partial charge in [0.1, 0.15) is 0 Å². The van der Waals surface area contributed by atoms with E-state index in [0.717, 1.165) is 43.0 Å². The molecule has 7 heteroatoms. The van der Waals surface area contributed by atoms with Crippen molar-refractivity contribution >= 4 is 17.5 Å². The highest BCUT2D eigenvalue weighted by Gasteiger charge is 2.25. The van der Waals surface area contributed by atoms with Gasteiger partial charge in [-0.15, -0.1) is 0 Å². The highest BCUT2D eigenvalue weighted by molar-refractivity contribution is 5.93. The standard InChI is InChI=1S/C18H31N5O2/c1-12-16(13(2)22-21-12)20-15(24)11-23-8-6-7-14(10-23)9-19-17(25)18(3,4)5/h14H,6-11H2,1-5H3,(H,19,25)(H,20,24)(H,21,22)/t14-/m1/s1. The summed E-state index contributed by atoms with van der Waals surface area (Å²) in [6.07, 6.45) is 2.13. The van der Waals surface area contributed by atoms with E-state index in [0.29, 0.717) is 19.0 Å². The number of amides is 2. The summed E-state index contributed by atoms with van der Waals surface area (Å²) in [5.74, 6) is 0.450. The highest BCUT2D eigenvalue weighted by atomic mass is 16.2. The monoisotopic (exact) mass is 349 g/mol. The first kappa shape index (κ1) is 19.4. The topological polar surface area (TPSA) is 90.1 Å². The maximum atomic E-state index is 12.3. The van der Waals surface area contributed by atoms with Crippen LogP contribution in [-0.4, -0.2) is 53.1 Å². The minimum atomic E-state index is -0.367. The Morgan fingerprint density at radius 2 is 2.04 bits per heavy atom. The number of carbonyl (C=O) groups excluding carboxylic acids is 2. The van der Waals surface area contributed by atoms with Gasteiger partial charge in [0, 0.05) is 18.5 Å². The van der Waals surface area contributed by atoms with Gasteiger partial charge in [-0.2, -0.15) is 5.10 Å². The number of nitrogens with zero attached hydrogens (tertiary/aromatic N) is 2. The molecule has 1 atom stereocenters.